The zero-order valence-corrected chi connectivity index (χ0v) is 9.45. The summed E-state index contributed by atoms with van der Waals surface area (Å²) >= 11 is 0. The highest BCUT2D eigenvalue weighted by atomic mass is 19.4. The van der Waals surface area contributed by atoms with Crippen molar-refractivity contribution in [2.45, 2.75) is 32.4 Å². The lowest BCUT2D eigenvalue weighted by atomic mass is 9.99. The van der Waals surface area contributed by atoms with Gasteiger partial charge in [-0.2, -0.15) is 0 Å². The number of aliphatic hydroxyl groups is 1. The van der Waals surface area contributed by atoms with Crippen molar-refractivity contribution in [3.8, 4) is 5.75 Å². The lowest BCUT2D eigenvalue weighted by Crippen LogP contribution is -2.25. The number of nitrogens with two attached hydrogens (primary N) is 1. The number of aliphatic hydroxyl groups excluding tert-OH is 1. The molecule has 0 aromatic heterocycles. The summed E-state index contributed by atoms with van der Waals surface area (Å²) in [5, 5.41) is 9.71. The Morgan fingerprint density at radius 2 is 1.94 bits per heavy atom. The number of benzene rings is 1. The van der Waals surface area contributed by atoms with E-state index in [0.717, 1.165) is 6.07 Å². The van der Waals surface area contributed by atoms with Crippen LogP contribution in [0.15, 0.2) is 18.2 Å². The van der Waals surface area contributed by atoms with Crippen LogP contribution < -0.4 is 10.5 Å². The van der Waals surface area contributed by atoms with Crippen molar-refractivity contribution in [1.29, 1.82) is 0 Å². The molecule has 0 aliphatic rings. The summed E-state index contributed by atoms with van der Waals surface area (Å²) in [6, 6.07) is 3.25. The van der Waals surface area contributed by atoms with Crippen molar-refractivity contribution in [3.63, 3.8) is 0 Å². The maximum Gasteiger partial charge on any atom is 0.573 e. The number of alkyl halides is 3. The standard InChI is InChI=1S/C11H14F3NO2/c1-6-5-8(17-11(12,13)14)3-4-9(6)10(16)7(2)15/h3-5,7,10,16H,15H2,1-2H3/t7-,10-/m1/s1. The highest BCUT2D eigenvalue weighted by molar-refractivity contribution is 5.36. The van der Waals surface area contributed by atoms with E-state index in [1.807, 2.05) is 0 Å². The number of rotatable bonds is 3. The number of hydrogen-bond donors (Lipinski definition) is 2. The normalized spacial score (nSPS) is 15.5. The van der Waals surface area contributed by atoms with Crippen LogP contribution >= 0.6 is 0 Å². The molecular weight excluding hydrogens is 235 g/mol. The third kappa shape index (κ3) is 3.90. The Hall–Kier alpha value is -1.27. The van der Waals surface area contributed by atoms with Gasteiger partial charge in [0, 0.05) is 6.04 Å². The van der Waals surface area contributed by atoms with Crippen molar-refractivity contribution >= 4 is 0 Å². The van der Waals surface area contributed by atoms with Crippen molar-refractivity contribution < 1.29 is 23.0 Å². The van der Waals surface area contributed by atoms with Crippen molar-refractivity contribution in [1.82, 2.24) is 0 Å². The summed E-state index contributed by atoms with van der Waals surface area (Å²) in [6.07, 6.45) is -5.62. The van der Waals surface area contributed by atoms with Gasteiger partial charge in [-0.05, 0) is 37.1 Å². The Morgan fingerprint density at radius 3 is 2.35 bits per heavy atom. The van der Waals surface area contributed by atoms with Crippen LogP contribution in [0.5, 0.6) is 5.75 Å². The monoisotopic (exact) mass is 249 g/mol. The molecule has 0 saturated heterocycles. The first-order chi connectivity index (χ1) is 7.70. The number of hydrogen-bond acceptors (Lipinski definition) is 3. The van der Waals surface area contributed by atoms with E-state index in [2.05, 4.69) is 4.74 Å². The van der Waals surface area contributed by atoms with Gasteiger partial charge >= 0.3 is 6.36 Å². The SMILES string of the molecule is Cc1cc(OC(F)(F)F)ccc1[C@H](O)[C@@H](C)N. The van der Waals surface area contributed by atoms with Gasteiger partial charge in [0.25, 0.3) is 0 Å². The second-order valence-corrected chi connectivity index (χ2v) is 3.87. The van der Waals surface area contributed by atoms with Crippen LogP contribution in [0.2, 0.25) is 0 Å². The third-order valence-electron chi connectivity index (χ3n) is 2.29. The Bertz CT molecular complexity index is 391. The summed E-state index contributed by atoms with van der Waals surface area (Å²) in [7, 11) is 0. The molecule has 1 aromatic rings. The van der Waals surface area contributed by atoms with Gasteiger partial charge in [-0.1, -0.05) is 6.07 Å². The van der Waals surface area contributed by atoms with Gasteiger partial charge in [-0.3, -0.25) is 0 Å². The van der Waals surface area contributed by atoms with E-state index in [-0.39, 0.29) is 5.75 Å². The fraction of sp³-hybridized carbons (Fsp3) is 0.455. The van der Waals surface area contributed by atoms with E-state index in [9.17, 15) is 18.3 Å². The lowest BCUT2D eigenvalue weighted by molar-refractivity contribution is -0.274. The second-order valence-electron chi connectivity index (χ2n) is 3.87. The zero-order chi connectivity index (χ0) is 13.2. The molecule has 96 valence electrons. The Labute approximate surface area is 97.0 Å². The average Bonchev–Trinajstić information content (AvgIpc) is 2.14. The molecule has 0 aliphatic carbocycles. The largest absolute Gasteiger partial charge is 0.573 e. The van der Waals surface area contributed by atoms with Gasteiger partial charge in [0.05, 0.1) is 6.10 Å². The average molecular weight is 249 g/mol. The van der Waals surface area contributed by atoms with Crippen LogP contribution in [0.25, 0.3) is 0 Å². The molecule has 0 fully saturated rings. The van der Waals surface area contributed by atoms with Gasteiger partial charge in [0.2, 0.25) is 0 Å². The molecule has 3 N–H and O–H groups in total. The molecular formula is C11H14F3NO2. The number of halogens is 3. The molecule has 0 bridgehead atoms. The first kappa shape index (κ1) is 13.8. The summed E-state index contributed by atoms with van der Waals surface area (Å²) in [4.78, 5) is 0. The first-order valence-corrected chi connectivity index (χ1v) is 5.00. The van der Waals surface area contributed by atoms with Crippen molar-refractivity contribution in [3.05, 3.63) is 29.3 Å². The Morgan fingerprint density at radius 1 is 1.35 bits per heavy atom. The van der Waals surface area contributed by atoms with Crippen LogP contribution in [-0.4, -0.2) is 17.5 Å². The molecule has 0 heterocycles. The van der Waals surface area contributed by atoms with E-state index in [1.54, 1.807) is 13.8 Å². The van der Waals surface area contributed by atoms with Gasteiger partial charge in [0.15, 0.2) is 0 Å². The number of aryl methyl sites for hydroxylation is 1. The van der Waals surface area contributed by atoms with Gasteiger partial charge in [0.1, 0.15) is 5.75 Å². The maximum absolute atomic E-state index is 12.0. The molecule has 1 aromatic carbocycles. The molecule has 0 aliphatic heterocycles. The zero-order valence-electron chi connectivity index (χ0n) is 9.45. The van der Waals surface area contributed by atoms with Crippen LogP contribution in [0, 0.1) is 6.92 Å². The molecule has 6 heteroatoms. The smallest absolute Gasteiger partial charge is 0.406 e. The minimum absolute atomic E-state index is 0.310. The highest BCUT2D eigenvalue weighted by Crippen LogP contribution is 2.27. The Balaban J connectivity index is 2.94. The molecule has 0 amide bonds. The third-order valence-corrected chi connectivity index (χ3v) is 2.29. The van der Waals surface area contributed by atoms with Crippen LogP contribution in [-0.2, 0) is 0 Å². The van der Waals surface area contributed by atoms with Gasteiger partial charge in [-0.15, -0.1) is 13.2 Å². The topological polar surface area (TPSA) is 55.5 Å². The Kier molecular flexibility index (Phi) is 4.00. The first-order valence-electron chi connectivity index (χ1n) is 5.00. The van der Waals surface area contributed by atoms with E-state index in [0.29, 0.717) is 11.1 Å². The van der Waals surface area contributed by atoms with Gasteiger partial charge in [-0.25, -0.2) is 0 Å². The van der Waals surface area contributed by atoms with E-state index < -0.39 is 18.5 Å². The van der Waals surface area contributed by atoms with E-state index in [1.165, 1.54) is 12.1 Å². The van der Waals surface area contributed by atoms with E-state index in [4.69, 9.17) is 5.73 Å². The van der Waals surface area contributed by atoms with Crippen LogP contribution in [0.1, 0.15) is 24.2 Å². The molecule has 3 nitrogen and oxygen atoms in total. The summed E-state index contributed by atoms with van der Waals surface area (Å²) in [5.41, 5.74) is 6.51. The summed E-state index contributed by atoms with van der Waals surface area (Å²) in [5.74, 6) is -0.310. The predicted molar refractivity (Wildman–Crippen MR) is 56.5 cm³/mol. The molecule has 2 atom stereocenters. The minimum atomic E-state index is -4.71. The maximum atomic E-state index is 12.0. The van der Waals surface area contributed by atoms with Crippen molar-refractivity contribution in [2.75, 3.05) is 0 Å². The lowest BCUT2D eigenvalue weighted by Gasteiger charge is -2.18. The molecule has 0 spiro atoms. The molecule has 0 saturated carbocycles. The quantitative estimate of drug-likeness (QED) is 0.864. The molecule has 0 unspecified atom stereocenters. The predicted octanol–water partition coefficient (Wildman–Crippen LogP) is 2.27. The van der Waals surface area contributed by atoms with E-state index >= 15 is 0 Å². The highest BCUT2D eigenvalue weighted by Gasteiger charge is 2.31. The fourth-order valence-corrected chi connectivity index (χ4v) is 1.46. The summed E-state index contributed by atoms with van der Waals surface area (Å²) in [6.45, 7) is 3.20. The summed E-state index contributed by atoms with van der Waals surface area (Å²) < 4.78 is 39.7. The number of ether oxygens (including phenoxy) is 1. The van der Waals surface area contributed by atoms with Gasteiger partial charge < -0.3 is 15.6 Å². The van der Waals surface area contributed by atoms with Crippen molar-refractivity contribution in [2.24, 2.45) is 5.73 Å². The fourth-order valence-electron chi connectivity index (χ4n) is 1.46. The molecule has 0 radical (unpaired) electrons. The molecule has 17 heavy (non-hydrogen) atoms. The molecule has 1 rings (SSSR count). The van der Waals surface area contributed by atoms with Crippen LogP contribution in [0.3, 0.4) is 0 Å². The van der Waals surface area contributed by atoms with Crippen LogP contribution in [0.4, 0.5) is 13.2 Å². The minimum Gasteiger partial charge on any atom is -0.406 e. The second kappa shape index (κ2) is 4.93.